The standard InChI is InChI=1S/C17H28O3Si/c1-4-21(5-2,6-3)20-17(14-18)12-13-19-15-16-10-8-7-9-11-16/h7-11,14,17H,4-6,12-13,15H2,1-3H3. The average molecular weight is 308 g/mol. The van der Waals surface area contributed by atoms with E-state index in [1.165, 1.54) is 0 Å². The number of hydrogen-bond donors (Lipinski definition) is 0. The van der Waals surface area contributed by atoms with Gasteiger partial charge in [0, 0.05) is 13.0 Å². The maximum Gasteiger partial charge on any atom is 0.193 e. The van der Waals surface area contributed by atoms with Crippen LogP contribution in [0.5, 0.6) is 0 Å². The monoisotopic (exact) mass is 308 g/mol. The first-order chi connectivity index (χ1) is 10.2. The average Bonchev–Trinajstić information content (AvgIpc) is 2.56. The quantitative estimate of drug-likeness (QED) is 0.349. The topological polar surface area (TPSA) is 35.5 Å². The molecule has 4 heteroatoms. The summed E-state index contributed by atoms with van der Waals surface area (Å²) in [5, 5.41) is 0. The van der Waals surface area contributed by atoms with Gasteiger partial charge in [-0.3, -0.25) is 0 Å². The highest BCUT2D eigenvalue weighted by Gasteiger charge is 2.31. The first-order valence-electron chi connectivity index (χ1n) is 7.94. The van der Waals surface area contributed by atoms with E-state index in [0.717, 1.165) is 30.0 Å². The van der Waals surface area contributed by atoms with Gasteiger partial charge < -0.3 is 14.0 Å². The van der Waals surface area contributed by atoms with Crippen LogP contribution < -0.4 is 0 Å². The van der Waals surface area contributed by atoms with Gasteiger partial charge in [0.2, 0.25) is 0 Å². The van der Waals surface area contributed by atoms with Crippen molar-refractivity contribution in [1.29, 1.82) is 0 Å². The summed E-state index contributed by atoms with van der Waals surface area (Å²) in [4.78, 5) is 11.2. The highest BCUT2D eigenvalue weighted by molar-refractivity contribution is 6.73. The van der Waals surface area contributed by atoms with E-state index in [-0.39, 0.29) is 6.10 Å². The summed E-state index contributed by atoms with van der Waals surface area (Å²) in [6.07, 6.45) is 1.27. The van der Waals surface area contributed by atoms with Crippen LogP contribution in [0.4, 0.5) is 0 Å². The van der Waals surface area contributed by atoms with Gasteiger partial charge in [0.1, 0.15) is 12.4 Å². The van der Waals surface area contributed by atoms with Crippen LogP contribution in [0.2, 0.25) is 18.1 Å². The zero-order valence-corrected chi connectivity index (χ0v) is 14.5. The van der Waals surface area contributed by atoms with Crippen LogP contribution in [0.25, 0.3) is 0 Å². The molecule has 0 amide bonds. The summed E-state index contributed by atoms with van der Waals surface area (Å²) in [6, 6.07) is 13.3. The van der Waals surface area contributed by atoms with Crippen LogP contribution in [0.1, 0.15) is 32.8 Å². The Kier molecular flexibility index (Phi) is 8.50. The van der Waals surface area contributed by atoms with Crippen molar-refractivity contribution in [3.05, 3.63) is 35.9 Å². The molecular weight excluding hydrogens is 280 g/mol. The third kappa shape index (κ3) is 6.12. The zero-order valence-electron chi connectivity index (χ0n) is 13.5. The zero-order chi connectivity index (χ0) is 15.6. The first kappa shape index (κ1) is 18.1. The Balaban J connectivity index is 2.35. The van der Waals surface area contributed by atoms with Gasteiger partial charge in [-0.15, -0.1) is 0 Å². The molecule has 0 saturated carbocycles. The molecule has 1 unspecified atom stereocenters. The molecule has 1 rings (SSSR count). The molecule has 0 radical (unpaired) electrons. The van der Waals surface area contributed by atoms with Crippen molar-refractivity contribution in [3.8, 4) is 0 Å². The molecule has 0 aliphatic heterocycles. The molecule has 0 aliphatic carbocycles. The fraction of sp³-hybridized carbons (Fsp3) is 0.588. The van der Waals surface area contributed by atoms with Crippen molar-refractivity contribution in [1.82, 2.24) is 0 Å². The van der Waals surface area contributed by atoms with E-state index in [1.807, 2.05) is 30.3 Å². The number of hydrogen-bond acceptors (Lipinski definition) is 3. The van der Waals surface area contributed by atoms with E-state index >= 15 is 0 Å². The smallest absolute Gasteiger partial charge is 0.193 e. The molecule has 0 aromatic heterocycles. The third-order valence-corrected chi connectivity index (χ3v) is 8.81. The molecule has 21 heavy (non-hydrogen) atoms. The van der Waals surface area contributed by atoms with Gasteiger partial charge in [0.05, 0.1) is 6.61 Å². The maximum atomic E-state index is 11.2. The van der Waals surface area contributed by atoms with Gasteiger partial charge in [-0.1, -0.05) is 51.1 Å². The molecule has 0 aliphatic rings. The van der Waals surface area contributed by atoms with Crippen molar-refractivity contribution in [2.45, 2.75) is 58.0 Å². The summed E-state index contributed by atoms with van der Waals surface area (Å²) in [5.41, 5.74) is 1.15. The molecule has 0 heterocycles. The Morgan fingerprint density at radius 3 is 2.24 bits per heavy atom. The molecule has 1 aromatic rings. The van der Waals surface area contributed by atoms with Crippen LogP contribution in [-0.4, -0.2) is 27.3 Å². The van der Waals surface area contributed by atoms with Crippen molar-refractivity contribution in [2.75, 3.05) is 6.61 Å². The lowest BCUT2D eigenvalue weighted by Gasteiger charge is -2.31. The van der Waals surface area contributed by atoms with Gasteiger partial charge in [0.15, 0.2) is 8.32 Å². The molecule has 0 fully saturated rings. The van der Waals surface area contributed by atoms with Crippen LogP contribution >= 0.6 is 0 Å². The Hall–Kier alpha value is -0.973. The predicted octanol–water partition coefficient (Wildman–Crippen LogP) is 4.18. The first-order valence-corrected chi connectivity index (χ1v) is 10.5. The van der Waals surface area contributed by atoms with E-state index in [4.69, 9.17) is 9.16 Å². The van der Waals surface area contributed by atoms with Gasteiger partial charge in [-0.2, -0.15) is 0 Å². The fourth-order valence-electron chi connectivity index (χ4n) is 2.44. The number of benzene rings is 1. The SMILES string of the molecule is CC[Si](CC)(CC)OC(C=O)CCOCc1ccccc1. The molecule has 3 nitrogen and oxygen atoms in total. The molecule has 0 spiro atoms. The molecule has 0 N–H and O–H groups in total. The largest absolute Gasteiger partial charge is 0.407 e. The van der Waals surface area contributed by atoms with Crippen LogP contribution in [-0.2, 0) is 20.6 Å². The Labute approximate surface area is 129 Å². The van der Waals surface area contributed by atoms with E-state index in [1.54, 1.807) is 0 Å². The summed E-state index contributed by atoms with van der Waals surface area (Å²) in [5.74, 6) is 0. The number of carbonyl (C=O) groups is 1. The van der Waals surface area contributed by atoms with Gasteiger partial charge >= 0.3 is 0 Å². The second-order valence-electron chi connectivity index (χ2n) is 5.36. The van der Waals surface area contributed by atoms with Crippen molar-refractivity contribution < 1.29 is 14.0 Å². The van der Waals surface area contributed by atoms with Crippen molar-refractivity contribution in [3.63, 3.8) is 0 Å². The Bertz CT molecular complexity index is 382. The minimum atomic E-state index is -1.71. The molecule has 1 aromatic carbocycles. The minimum absolute atomic E-state index is 0.313. The Morgan fingerprint density at radius 1 is 1.10 bits per heavy atom. The molecule has 1 atom stereocenters. The number of ether oxygens (including phenoxy) is 1. The molecule has 118 valence electrons. The predicted molar refractivity (Wildman–Crippen MR) is 88.8 cm³/mol. The summed E-state index contributed by atoms with van der Waals surface area (Å²) < 4.78 is 11.8. The van der Waals surface area contributed by atoms with E-state index in [2.05, 4.69) is 20.8 Å². The van der Waals surface area contributed by atoms with Crippen LogP contribution in [0.3, 0.4) is 0 Å². The summed E-state index contributed by atoms with van der Waals surface area (Å²) in [7, 11) is -1.71. The van der Waals surface area contributed by atoms with Crippen molar-refractivity contribution >= 4 is 14.6 Å². The lowest BCUT2D eigenvalue weighted by atomic mass is 10.2. The summed E-state index contributed by atoms with van der Waals surface area (Å²) in [6.45, 7) is 7.66. The fourth-order valence-corrected chi connectivity index (χ4v) is 5.26. The number of rotatable bonds is 11. The normalized spacial score (nSPS) is 13.1. The van der Waals surface area contributed by atoms with Crippen LogP contribution in [0.15, 0.2) is 30.3 Å². The van der Waals surface area contributed by atoms with E-state index in [0.29, 0.717) is 19.6 Å². The number of aldehydes is 1. The van der Waals surface area contributed by atoms with Gasteiger partial charge in [-0.05, 0) is 23.7 Å². The highest BCUT2D eigenvalue weighted by Crippen LogP contribution is 2.23. The third-order valence-electron chi connectivity index (χ3n) is 4.14. The maximum absolute atomic E-state index is 11.2. The highest BCUT2D eigenvalue weighted by atomic mass is 28.4. The van der Waals surface area contributed by atoms with Gasteiger partial charge in [0.25, 0.3) is 0 Å². The van der Waals surface area contributed by atoms with Gasteiger partial charge in [-0.25, -0.2) is 0 Å². The van der Waals surface area contributed by atoms with E-state index < -0.39 is 8.32 Å². The number of carbonyl (C=O) groups excluding carboxylic acids is 1. The molecule has 0 bridgehead atoms. The molecule has 0 saturated heterocycles. The second-order valence-corrected chi connectivity index (χ2v) is 10.1. The minimum Gasteiger partial charge on any atom is -0.407 e. The Morgan fingerprint density at radius 2 is 1.71 bits per heavy atom. The lowest BCUT2D eigenvalue weighted by molar-refractivity contribution is -0.115. The van der Waals surface area contributed by atoms with Crippen LogP contribution in [0, 0.1) is 0 Å². The summed E-state index contributed by atoms with van der Waals surface area (Å²) >= 11 is 0. The van der Waals surface area contributed by atoms with Crippen molar-refractivity contribution in [2.24, 2.45) is 0 Å². The lowest BCUT2D eigenvalue weighted by Crippen LogP contribution is -2.40. The second kappa shape index (κ2) is 9.87. The van der Waals surface area contributed by atoms with E-state index in [9.17, 15) is 4.79 Å². The molecular formula is C17H28O3Si.